The Bertz CT molecular complexity index is 1170. The second-order valence-electron chi connectivity index (χ2n) is 6.21. The summed E-state index contributed by atoms with van der Waals surface area (Å²) in [6.07, 6.45) is 0. The molecular formula is C22H17N3O3S2. The molecule has 8 heteroatoms. The zero-order chi connectivity index (χ0) is 20.9. The lowest BCUT2D eigenvalue weighted by Crippen LogP contribution is -2.24. The summed E-state index contributed by atoms with van der Waals surface area (Å²) in [5, 5.41) is 3.32. The van der Waals surface area contributed by atoms with Gasteiger partial charge >= 0.3 is 6.03 Å². The van der Waals surface area contributed by atoms with Gasteiger partial charge in [-0.15, -0.1) is 11.3 Å². The molecule has 0 radical (unpaired) electrons. The van der Waals surface area contributed by atoms with Gasteiger partial charge in [0.2, 0.25) is 5.12 Å². The summed E-state index contributed by atoms with van der Waals surface area (Å²) < 4.78 is 8.80. The van der Waals surface area contributed by atoms with E-state index >= 15 is 0 Å². The summed E-state index contributed by atoms with van der Waals surface area (Å²) in [5.41, 5.74) is 2.95. The summed E-state index contributed by atoms with van der Waals surface area (Å²) in [6.45, 7) is 0. The van der Waals surface area contributed by atoms with Crippen molar-refractivity contribution in [2.75, 3.05) is 12.4 Å². The molecule has 3 aromatic carbocycles. The van der Waals surface area contributed by atoms with Crippen molar-refractivity contribution in [1.29, 1.82) is 0 Å². The fraction of sp³-hybridized carbons (Fsp3) is 0.0455. The number of urea groups is 1. The van der Waals surface area contributed by atoms with Gasteiger partial charge in [-0.05, 0) is 48.5 Å². The van der Waals surface area contributed by atoms with Crippen molar-refractivity contribution in [3.8, 4) is 16.3 Å². The van der Waals surface area contributed by atoms with Gasteiger partial charge in [-0.2, -0.15) is 0 Å². The Kier molecular flexibility index (Phi) is 5.97. The maximum absolute atomic E-state index is 12.3. The number of hydrogen-bond acceptors (Lipinski definition) is 6. The Morgan fingerprint density at radius 3 is 2.47 bits per heavy atom. The van der Waals surface area contributed by atoms with Crippen molar-refractivity contribution < 1.29 is 14.3 Å². The minimum Gasteiger partial charge on any atom is -0.496 e. The number of thiazole rings is 1. The van der Waals surface area contributed by atoms with Gasteiger partial charge in [0.05, 0.1) is 22.9 Å². The number of carbonyl (C=O) groups excluding carboxylic acids is 2. The van der Waals surface area contributed by atoms with Crippen LogP contribution >= 0.6 is 23.3 Å². The lowest BCUT2D eigenvalue weighted by molar-refractivity contribution is 0.108. The molecule has 30 heavy (non-hydrogen) atoms. The molecule has 0 saturated heterocycles. The Labute approximate surface area is 181 Å². The van der Waals surface area contributed by atoms with Crippen molar-refractivity contribution in [2.45, 2.75) is 0 Å². The van der Waals surface area contributed by atoms with Crippen molar-refractivity contribution in [1.82, 2.24) is 9.71 Å². The fourth-order valence-electron chi connectivity index (χ4n) is 2.81. The van der Waals surface area contributed by atoms with E-state index in [9.17, 15) is 9.59 Å². The van der Waals surface area contributed by atoms with Crippen LogP contribution in [-0.4, -0.2) is 23.2 Å². The molecule has 0 spiro atoms. The van der Waals surface area contributed by atoms with Gasteiger partial charge < -0.3 is 10.1 Å². The quantitative estimate of drug-likeness (QED) is 0.409. The van der Waals surface area contributed by atoms with Gasteiger partial charge in [-0.25, -0.2) is 9.78 Å². The molecule has 0 aliphatic rings. The number of nitrogens with one attached hydrogen (secondary N) is 2. The van der Waals surface area contributed by atoms with E-state index in [1.807, 2.05) is 36.4 Å². The molecule has 4 rings (SSSR count). The molecule has 0 bridgehead atoms. The van der Waals surface area contributed by atoms with Gasteiger partial charge in [0, 0.05) is 23.2 Å². The molecule has 4 aromatic rings. The molecular weight excluding hydrogens is 418 g/mol. The van der Waals surface area contributed by atoms with E-state index in [0.29, 0.717) is 28.9 Å². The number of rotatable bonds is 4. The first-order chi connectivity index (χ1) is 14.6. The predicted molar refractivity (Wildman–Crippen MR) is 122 cm³/mol. The second-order valence-corrected chi connectivity index (χ2v) is 8.02. The summed E-state index contributed by atoms with van der Waals surface area (Å²) >= 11 is 2.32. The van der Waals surface area contributed by atoms with Gasteiger partial charge in [0.1, 0.15) is 10.8 Å². The number of anilines is 1. The van der Waals surface area contributed by atoms with Crippen molar-refractivity contribution in [2.24, 2.45) is 0 Å². The summed E-state index contributed by atoms with van der Waals surface area (Å²) in [4.78, 5) is 29.1. The number of amides is 2. The third-order valence-corrected chi connectivity index (χ3v) is 6.03. The van der Waals surface area contributed by atoms with E-state index in [2.05, 4.69) is 15.0 Å². The van der Waals surface area contributed by atoms with Crippen LogP contribution < -0.4 is 14.8 Å². The standard InChI is InChI=1S/C22H17N3O3S2/c1-28-18-8-4-2-6-16(18)21(26)30-25-22(27)23-15-12-10-14(11-13-15)20-24-17-7-3-5-9-19(17)29-20/h2-13H,1H3,(H2,23,25,27). The van der Waals surface area contributed by atoms with Crippen molar-refractivity contribution in [3.05, 3.63) is 78.4 Å². The van der Waals surface area contributed by atoms with Gasteiger partial charge in [0.25, 0.3) is 0 Å². The highest BCUT2D eigenvalue weighted by Gasteiger charge is 2.14. The number of fused-ring (bicyclic) bond motifs is 1. The van der Waals surface area contributed by atoms with E-state index in [1.165, 1.54) is 7.11 Å². The van der Waals surface area contributed by atoms with Crippen LogP contribution in [0, 0.1) is 0 Å². The van der Waals surface area contributed by atoms with Gasteiger partial charge in [-0.3, -0.25) is 9.52 Å². The van der Waals surface area contributed by atoms with Gasteiger partial charge in [0.15, 0.2) is 0 Å². The molecule has 0 atom stereocenters. The van der Waals surface area contributed by atoms with Crippen LogP contribution in [-0.2, 0) is 0 Å². The van der Waals surface area contributed by atoms with Crippen LogP contribution in [0.15, 0.2) is 72.8 Å². The maximum Gasteiger partial charge on any atom is 0.329 e. The predicted octanol–water partition coefficient (Wildman–Crippen LogP) is 5.58. The van der Waals surface area contributed by atoms with E-state index in [0.717, 1.165) is 20.8 Å². The summed E-state index contributed by atoms with van der Waals surface area (Å²) in [6, 6.07) is 21.8. The average molecular weight is 436 g/mol. The lowest BCUT2D eigenvalue weighted by Gasteiger charge is -2.08. The van der Waals surface area contributed by atoms with E-state index in [4.69, 9.17) is 4.74 Å². The molecule has 1 heterocycles. The SMILES string of the molecule is COc1ccccc1C(=O)SNC(=O)Nc1ccc(-c2nc3ccccc3s2)cc1. The first kappa shape index (κ1) is 19.9. The number of hydrogen-bond donors (Lipinski definition) is 2. The molecule has 2 amide bonds. The van der Waals surface area contributed by atoms with E-state index in [1.54, 1.807) is 47.7 Å². The number of para-hydroxylation sites is 2. The van der Waals surface area contributed by atoms with Crippen LogP contribution in [0.25, 0.3) is 20.8 Å². The van der Waals surface area contributed by atoms with Gasteiger partial charge in [-0.1, -0.05) is 24.3 Å². The normalized spacial score (nSPS) is 10.6. The topological polar surface area (TPSA) is 80.3 Å². The molecule has 150 valence electrons. The van der Waals surface area contributed by atoms with Crippen LogP contribution in [0.3, 0.4) is 0 Å². The number of nitrogens with zero attached hydrogens (tertiary/aromatic N) is 1. The zero-order valence-electron chi connectivity index (χ0n) is 15.9. The minimum absolute atomic E-state index is 0.311. The van der Waals surface area contributed by atoms with Crippen molar-refractivity contribution >= 4 is 50.3 Å². The fourth-order valence-corrected chi connectivity index (χ4v) is 4.30. The number of benzene rings is 3. The Balaban J connectivity index is 1.36. The molecule has 6 nitrogen and oxygen atoms in total. The van der Waals surface area contributed by atoms with Crippen LogP contribution in [0.1, 0.15) is 10.4 Å². The number of methoxy groups -OCH3 is 1. The van der Waals surface area contributed by atoms with Crippen LogP contribution in [0.5, 0.6) is 5.75 Å². The number of ether oxygens (including phenoxy) is 1. The highest BCUT2D eigenvalue weighted by atomic mass is 32.2. The Hall–Kier alpha value is -3.36. The number of carbonyl (C=O) groups is 2. The molecule has 0 fully saturated rings. The molecule has 0 aliphatic carbocycles. The molecule has 2 N–H and O–H groups in total. The van der Waals surface area contributed by atoms with E-state index in [-0.39, 0.29) is 5.12 Å². The smallest absolute Gasteiger partial charge is 0.329 e. The highest BCUT2D eigenvalue weighted by molar-refractivity contribution is 8.12. The monoisotopic (exact) mass is 435 g/mol. The molecule has 0 unspecified atom stereocenters. The maximum atomic E-state index is 12.3. The lowest BCUT2D eigenvalue weighted by atomic mass is 10.2. The average Bonchev–Trinajstić information content (AvgIpc) is 3.22. The summed E-state index contributed by atoms with van der Waals surface area (Å²) in [7, 11) is 1.49. The third-order valence-electron chi connectivity index (χ3n) is 4.25. The second kappa shape index (κ2) is 8.98. The largest absolute Gasteiger partial charge is 0.496 e. The summed E-state index contributed by atoms with van der Waals surface area (Å²) in [5.74, 6) is 0.461. The van der Waals surface area contributed by atoms with Crippen molar-refractivity contribution in [3.63, 3.8) is 0 Å². The first-order valence-corrected chi connectivity index (χ1v) is 10.6. The number of aromatic nitrogens is 1. The molecule has 1 aromatic heterocycles. The molecule has 0 aliphatic heterocycles. The zero-order valence-corrected chi connectivity index (χ0v) is 17.5. The molecule has 0 saturated carbocycles. The Morgan fingerprint density at radius 1 is 0.967 bits per heavy atom. The highest BCUT2D eigenvalue weighted by Crippen LogP contribution is 2.30. The first-order valence-electron chi connectivity index (χ1n) is 9.01. The minimum atomic E-state index is -0.490. The van der Waals surface area contributed by atoms with Crippen LogP contribution in [0.2, 0.25) is 0 Å². The van der Waals surface area contributed by atoms with E-state index < -0.39 is 6.03 Å². The van der Waals surface area contributed by atoms with Crippen LogP contribution in [0.4, 0.5) is 10.5 Å². The third kappa shape index (κ3) is 4.45. The Morgan fingerprint density at radius 2 is 1.70 bits per heavy atom.